The van der Waals surface area contributed by atoms with Crippen LogP contribution >= 0.6 is 0 Å². The van der Waals surface area contributed by atoms with E-state index in [9.17, 15) is 18.0 Å². The molecule has 1 unspecified atom stereocenters. The summed E-state index contributed by atoms with van der Waals surface area (Å²) >= 11 is 0. The van der Waals surface area contributed by atoms with Crippen molar-refractivity contribution >= 4 is 5.97 Å². The molecule has 0 aromatic heterocycles. The van der Waals surface area contributed by atoms with E-state index < -0.39 is 18.2 Å². The standard InChI is InChI=1S/C12H14F3NO3/c1-18-11(17)9(7-16)6-8-2-4-10(5-3-8)19-12(13,14)15/h2-5,9H,6-7,16H2,1H3. The summed E-state index contributed by atoms with van der Waals surface area (Å²) < 4.78 is 44.2. The highest BCUT2D eigenvalue weighted by Gasteiger charge is 2.31. The maximum absolute atomic E-state index is 12.0. The second-order valence-electron chi connectivity index (χ2n) is 3.85. The van der Waals surface area contributed by atoms with Crippen LogP contribution in [0.5, 0.6) is 5.75 Å². The van der Waals surface area contributed by atoms with Crippen molar-refractivity contribution < 1.29 is 27.4 Å². The monoisotopic (exact) mass is 277 g/mol. The molecule has 0 amide bonds. The van der Waals surface area contributed by atoms with Gasteiger partial charge in [0.05, 0.1) is 13.0 Å². The summed E-state index contributed by atoms with van der Waals surface area (Å²) in [5.74, 6) is -1.27. The molecule has 4 nitrogen and oxygen atoms in total. The van der Waals surface area contributed by atoms with Gasteiger partial charge in [0.15, 0.2) is 0 Å². The number of benzene rings is 1. The van der Waals surface area contributed by atoms with Crippen LogP contribution in [-0.2, 0) is 16.0 Å². The van der Waals surface area contributed by atoms with Crippen LogP contribution in [0.4, 0.5) is 13.2 Å². The second kappa shape index (κ2) is 6.42. The van der Waals surface area contributed by atoms with E-state index in [4.69, 9.17) is 5.73 Å². The fraction of sp³-hybridized carbons (Fsp3) is 0.417. The van der Waals surface area contributed by atoms with E-state index in [0.717, 1.165) is 0 Å². The predicted octanol–water partition coefficient (Wildman–Crippen LogP) is 1.88. The molecule has 1 aromatic rings. The minimum absolute atomic E-state index is 0.105. The zero-order chi connectivity index (χ0) is 14.5. The van der Waals surface area contributed by atoms with E-state index in [1.807, 2.05) is 0 Å². The highest BCUT2D eigenvalue weighted by molar-refractivity contribution is 5.72. The molecule has 19 heavy (non-hydrogen) atoms. The molecule has 0 heterocycles. The minimum Gasteiger partial charge on any atom is -0.469 e. The average molecular weight is 277 g/mol. The van der Waals surface area contributed by atoms with Crippen LogP contribution in [-0.4, -0.2) is 26.0 Å². The summed E-state index contributed by atoms with van der Waals surface area (Å²) in [6.45, 7) is 0.105. The van der Waals surface area contributed by atoms with Crippen molar-refractivity contribution in [1.29, 1.82) is 0 Å². The van der Waals surface area contributed by atoms with E-state index >= 15 is 0 Å². The van der Waals surface area contributed by atoms with Gasteiger partial charge in [0.25, 0.3) is 0 Å². The lowest BCUT2D eigenvalue weighted by molar-refractivity contribution is -0.274. The Morgan fingerprint density at radius 3 is 2.32 bits per heavy atom. The number of carbonyl (C=O) groups is 1. The van der Waals surface area contributed by atoms with E-state index in [2.05, 4.69) is 9.47 Å². The molecular formula is C12H14F3NO3. The molecule has 106 valence electrons. The van der Waals surface area contributed by atoms with E-state index in [1.165, 1.54) is 31.4 Å². The Kier molecular flexibility index (Phi) is 5.17. The molecule has 0 saturated carbocycles. The quantitative estimate of drug-likeness (QED) is 0.835. The third kappa shape index (κ3) is 5.17. The number of carbonyl (C=O) groups excluding carboxylic acids is 1. The molecule has 0 radical (unpaired) electrons. The van der Waals surface area contributed by atoms with Gasteiger partial charge in [-0.1, -0.05) is 12.1 Å². The molecule has 0 saturated heterocycles. The van der Waals surface area contributed by atoms with Gasteiger partial charge in [0.1, 0.15) is 5.75 Å². The Hall–Kier alpha value is -1.76. The van der Waals surface area contributed by atoms with E-state index in [1.54, 1.807) is 0 Å². The lowest BCUT2D eigenvalue weighted by atomic mass is 9.99. The number of methoxy groups -OCH3 is 1. The van der Waals surface area contributed by atoms with Gasteiger partial charge in [0.2, 0.25) is 0 Å². The van der Waals surface area contributed by atoms with Gasteiger partial charge in [-0.2, -0.15) is 0 Å². The number of nitrogens with two attached hydrogens (primary N) is 1. The van der Waals surface area contributed by atoms with Gasteiger partial charge in [0, 0.05) is 6.54 Å². The van der Waals surface area contributed by atoms with Crippen LogP contribution in [0.3, 0.4) is 0 Å². The summed E-state index contributed by atoms with van der Waals surface area (Å²) in [5.41, 5.74) is 6.11. The molecular weight excluding hydrogens is 263 g/mol. The maximum atomic E-state index is 12.0. The number of halogens is 3. The number of esters is 1. The zero-order valence-corrected chi connectivity index (χ0v) is 10.2. The van der Waals surface area contributed by atoms with Crippen molar-refractivity contribution in [2.45, 2.75) is 12.8 Å². The number of hydrogen-bond donors (Lipinski definition) is 1. The molecule has 1 aromatic carbocycles. The van der Waals surface area contributed by atoms with Gasteiger partial charge < -0.3 is 15.2 Å². The molecule has 7 heteroatoms. The average Bonchev–Trinajstić information content (AvgIpc) is 2.35. The molecule has 0 aliphatic heterocycles. The van der Waals surface area contributed by atoms with Crippen molar-refractivity contribution in [2.24, 2.45) is 11.7 Å². The summed E-state index contributed by atoms with van der Waals surface area (Å²) in [6, 6.07) is 5.28. The molecule has 0 aliphatic rings. The lowest BCUT2D eigenvalue weighted by Gasteiger charge is -2.13. The Labute approximate surface area is 108 Å². The van der Waals surface area contributed by atoms with Crippen molar-refractivity contribution in [3.8, 4) is 5.75 Å². The second-order valence-corrected chi connectivity index (χ2v) is 3.85. The first-order chi connectivity index (χ1) is 8.85. The van der Waals surface area contributed by atoms with Crippen LogP contribution in [0.15, 0.2) is 24.3 Å². The fourth-order valence-corrected chi connectivity index (χ4v) is 1.54. The highest BCUT2D eigenvalue weighted by Crippen LogP contribution is 2.23. The van der Waals surface area contributed by atoms with Crippen LogP contribution in [0.25, 0.3) is 0 Å². The highest BCUT2D eigenvalue weighted by atomic mass is 19.4. The smallest absolute Gasteiger partial charge is 0.469 e. The number of alkyl halides is 3. The Morgan fingerprint density at radius 2 is 1.89 bits per heavy atom. The third-order valence-electron chi connectivity index (χ3n) is 2.46. The molecule has 1 rings (SSSR count). The first kappa shape index (κ1) is 15.3. The molecule has 2 N–H and O–H groups in total. The predicted molar refractivity (Wildman–Crippen MR) is 61.4 cm³/mol. The molecule has 1 atom stereocenters. The number of ether oxygens (including phenoxy) is 2. The summed E-state index contributed by atoms with van der Waals surface area (Å²) in [6.07, 6.45) is -4.41. The molecule has 0 bridgehead atoms. The van der Waals surface area contributed by atoms with Gasteiger partial charge in [-0.25, -0.2) is 0 Å². The fourth-order valence-electron chi connectivity index (χ4n) is 1.54. The molecule has 0 aliphatic carbocycles. The van der Waals surface area contributed by atoms with E-state index in [-0.39, 0.29) is 12.3 Å². The van der Waals surface area contributed by atoms with Crippen LogP contribution in [0.2, 0.25) is 0 Å². The Morgan fingerprint density at radius 1 is 1.32 bits per heavy atom. The Balaban J connectivity index is 2.68. The van der Waals surface area contributed by atoms with Gasteiger partial charge in [-0.15, -0.1) is 13.2 Å². The van der Waals surface area contributed by atoms with E-state index in [0.29, 0.717) is 12.0 Å². The van der Waals surface area contributed by atoms with Crippen LogP contribution in [0, 0.1) is 5.92 Å². The van der Waals surface area contributed by atoms with Crippen molar-refractivity contribution in [3.05, 3.63) is 29.8 Å². The van der Waals surface area contributed by atoms with Gasteiger partial charge in [-0.3, -0.25) is 4.79 Å². The van der Waals surface area contributed by atoms with Crippen molar-refractivity contribution in [2.75, 3.05) is 13.7 Å². The largest absolute Gasteiger partial charge is 0.573 e. The van der Waals surface area contributed by atoms with Crippen molar-refractivity contribution in [1.82, 2.24) is 0 Å². The van der Waals surface area contributed by atoms with Gasteiger partial charge >= 0.3 is 12.3 Å². The number of rotatable bonds is 5. The van der Waals surface area contributed by atoms with Crippen LogP contribution < -0.4 is 10.5 Å². The zero-order valence-electron chi connectivity index (χ0n) is 10.2. The molecule has 0 fully saturated rings. The third-order valence-corrected chi connectivity index (χ3v) is 2.46. The normalized spacial score (nSPS) is 12.9. The maximum Gasteiger partial charge on any atom is 0.573 e. The Bertz CT molecular complexity index is 417. The van der Waals surface area contributed by atoms with Gasteiger partial charge in [-0.05, 0) is 24.1 Å². The number of hydrogen-bond acceptors (Lipinski definition) is 4. The summed E-state index contributed by atoms with van der Waals surface area (Å²) in [5, 5.41) is 0. The molecule has 0 spiro atoms. The lowest BCUT2D eigenvalue weighted by Crippen LogP contribution is -2.26. The van der Waals surface area contributed by atoms with Crippen molar-refractivity contribution in [3.63, 3.8) is 0 Å². The summed E-state index contributed by atoms with van der Waals surface area (Å²) in [7, 11) is 1.26. The first-order valence-electron chi connectivity index (χ1n) is 5.48. The van der Waals surface area contributed by atoms with Crippen LogP contribution in [0.1, 0.15) is 5.56 Å². The SMILES string of the molecule is COC(=O)C(CN)Cc1ccc(OC(F)(F)F)cc1. The summed E-state index contributed by atoms with van der Waals surface area (Å²) in [4.78, 5) is 11.3. The first-order valence-corrected chi connectivity index (χ1v) is 5.48. The topological polar surface area (TPSA) is 61.5 Å². The minimum atomic E-state index is -4.71.